The Labute approximate surface area is 381 Å². The largest absolute Gasteiger partial charge is 0.308 e. The maximum absolute atomic E-state index is 9.43. The summed E-state index contributed by atoms with van der Waals surface area (Å²) in [6.45, 7) is 0. The molecule has 5 aromatic heterocycles. The van der Waals surface area contributed by atoms with Gasteiger partial charge in [0.05, 0.1) is 55.3 Å². The number of thiophene rings is 1. The highest BCUT2D eigenvalue weighted by Crippen LogP contribution is 2.44. The van der Waals surface area contributed by atoms with Crippen LogP contribution in [0, 0.1) is 0 Å². The second kappa shape index (κ2) is 13.6. The van der Waals surface area contributed by atoms with E-state index in [1.165, 1.54) is 10.1 Å². The molecular formula is C57H34N6S. The molecule has 0 fully saturated rings. The van der Waals surface area contributed by atoms with E-state index in [-0.39, 0.29) is 65.0 Å². The summed E-state index contributed by atoms with van der Waals surface area (Å²) in [4.78, 5) is 16.1. The summed E-state index contributed by atoms with van der Waals surface area (Å²) in [5, 5.41) is 6.13. The molecule has 0 N–H and O–H groups in total. The van der Waals surface area contributed by atoms with Crippen molar-refractivity contribution in [3.05, 3.63) is 206 Å². The summed E-state index contributed by atoms with van der Waals surface area (Å²) in [7, 11) is 0. The highest BCUT2D eigenvalue weighted by molar-refractivity contribution is 7.25. The Bertz CT molecular complexity index is 4500. The zero-order valence-corrected chi connectivity index (χ0v) is 34.4. The van der Waals surface area contributed by atoms with Gasteiger partial charge in [-0.15, -0.1) is 11.3 Å². The second-order valence-corrected chi connectivity index (χ2v) is 16.9. The van der Waals surface area contributed by atoms with Crippen molar-refractivity contribution in [2.75, 3.05) is 0 Å². The highest BCUT2D eigenvalue weighted by Gasteiger charge is 2.25. The number of nitrogens with zero attached hydrogens (tertiary/aromatic N) is 6. The van der Waals surface area contributed by atoms with Crippen LogP contribution in [0.5, 0.6) is 0 Å². The molecule has 0 saturated heterocycles. The molecule has 0 aliphatic heterocycles. The first-order chi connectivity index (χ1) is 35.1. The lowest BCUT2D eigenvalue weighted by molar-refractivity contribution is 0.892. The lowest BCUT2D eigenvalue weighted by Gasteiger charge is -2.19. The monoisotopic (exact) mass is 842 g/mol. The maximum Gasteiger partial charge on any atom is 0.240 e. The van der Waals surface area contributed by atoms with Gasteiger partial charge >= 0.3 is 0 Å². The van der Waals surface area contributed by atoms with Gasteiger partial charge in [0.1, 0.15) is 0 Å². The third-order valence-electron chi connectivity index (χ3n) is 12.4. The number of hydrogen-bond donors (Lipinski definition) is 0. The Balaban J connectivity index is 1.18. The SMILES string of the molecule is [2H]c1c([2H])c([2H])c2c(c1[2H])c1ccccc1n2-c1nc(-c2c(-c3ccc4c(c3)sc3ccccc34)cccc2-n2c3ccccc3c3ccccc32)nc(-n2c3ccccc3c3c([2H])c([2H])c([2H])c([2H])c32)n1. The zero-order chi connectivity index (χ0) is 48.8. The van der Waals surface area contributed by atoms with Crippen molar-refractivity contribution < 1.29 is 11.0 Å². The summed E-state index contributed by atoms with van der Waals surface area (Å²) in [5.74, 6) is 0.263. The summed E-state index contributed by atoms with van der Waals surface area (Å²) in [6.07, 6.45) is 0. The van der Waals surface area contributed by atoms with E-state index in [9.17, 15) is 5.48 Å². The molecule has 7 heteroatoms. The molecule has 0 amide bonds. The Morgan fingerprint density at radius 3 is 1.45 bits per heavy atom. The Hall–Kier alpha value is -8.39. The van der Waals surface area contributed by atoms with Crippen molar-refractivity contribution in [3.8, 4) is 40.1 Å². The van der Waals surface area contributed by atoms with Crippen molar-refractivity contribution in [1.82, 2.24) is 28.7 Å². The van der Waals surface area contributed by atoms with E-state index >= 15 is 0 Å². The molecule has 0 radical (unpaired) electrons. The molecule has 5 heterocycles. The van der Waals surface area contributed by atoms with Crippen molar-refractivity contribution in [1.29, 1.82) is 0 Å². The van der Waals surface area contributed by atoms with E-state index in [1.54, 1.807) is 20.5 Å². The van der Waals surface area contributed by atoms with Gasteiger partial charge in [0.2, 0.25) is 11.9 Å². The molecule has 0 unspecified atom stereocenters. The van der Waals surface area contributed by atoms with Crippen LogP contribution in [-0.2, 0) is 0 Å². The second-order valence-electron chi connectivity index (χ2n) is 15.8. The van der Waals surface area contributed by atoms with Crippen LogP contribution in [0.2, 0.25) is 0 Å². The minimum atomic E-state index is -0.417. The van der Waals surface area contributed by atoms with Gasteiger partial charge in [-0.25, -0.2) is 0 Å². The lowest BCUT2D eigenvalue weighted by atomic mass is 9.96. The Morgan fingerprint density at radius 1 is 0.375 bits per heavy atom. The molecule has 0 saturated carbocycles. The van der Waals surface area contributed by atoms with Gasteiger partial charge in [0.15, 0.2) is 5.82 Å². The van der Waals surface area contributed by atoms with E-state index in [0.29, 0.717) is 38.1 Å². The predicted octanol–water partition coefficient (Wildman–Crippen LogP) is 14.9. The molecular weight excluding hydrogens is 801 g/mol. The smallest absolute Gasteiger partial charge is 0.240 e. The van der Waals surface area contributed by atoms with Crippen molar-refractivity contribution in [2.45, 2.75) is 0 Å². The molecule has 0 atom stereocenters. The van der Waals surface area contributed by atoms with Crippen LogP contribution < -0.4 is 0 Å². The van der Waals surface area contributed by atoms with Crippen LogP contribution in [0.4, 0.5) is 0 Å². The molecule has 64 heavy (non-hydrogen) atoms. The maximum atomic E-state index is 9.43. The van der Waals surface area contributed by atoms with Crippen LogP contribution in [0.3, 0.4) is 0 Å². The van der Waals surface area contributed by atoms with Gasteiger partial charge in [-0.3, -0.25) is 9.13 Å². The predicted molar refractivity (Wildman–Crippen MR) is 267 cm³/mol. The van der Waals surface area contributed by atoms with E-state index < -0.39 is 12.1 Å². The average molecular weight is 843 g/mol. The fourth-order valence-corrected chi connectivity index (χ4v) is 10.8. The van der Waals surface area contributed by atoms with Crippen LogP contribution >= 0.6 is 11.3 Å². The first-order valence-electron chi connectivity index (χ1n) is 24.9. The van der Waals surface area contributed by atoms with Gasteiger partial charge in [-0.05, 0) is 65.7 Å². The summed E-state index contributed by atoms with van der Waals surface area (Å²) in [6, 6.07) is 49.6. The third kappa shape index (κ3) is 5.04. The van der Waals surface area contributed by atoms with Crippen LogP contribution in [0.15, 0.2) is 206 Å². The highest BCUT2D eigenvalue weighted by atomic mass is 32.1. The molecule has 0 spiro atoms. The Kier molecular flexibility index (Phi) is 5.98. The molecule has 14 rings (SSSR count). The number of para-hydroxylation sites is 6. The van der Waals surface area contributed by atoms with Crippen LogP contribution in [0.1, 0.15) is 11.0 Å². The minimum Gasteiger partial charge on any atom is -0.308 e. The minimum absolute atomic E-state index is 0.0286. The normalized spacial score (nSPS) is 13.8. The molecule has 14 aromatic rings. The average Bonchev–Trinajstić information content (AvgIpc) is 4.17. The molecule has 6 nitrogen and oxygen atoms in total. The van der Waals surface area contributed by atoms with E-state index in [2.05, 4.69) is 71.3 Å². The summed E-state index contributed by atoms with van der Waals surface area (Å²) in [5.41, 5.74) is 6.35. The van der Waals surface area contributed by atoms with Gasteiger partial charge in [-0.1, -0.05) is 152 Å². The summed E-state index contributed by atoms with van der Waals surface area (Å²) >= 11 is 1.72. The number of aromatic nitrogens is 6. The first-order valence-corrected chi connectivity index (χ1v) is 21.7. The molecule has 0 aliphatic rings. The number of rotatable bonds is 5. The van der Waals surface area contributed by atoms with Gasteiger partial charge in [0, 0.05) is 52.5 Å². The van der Waals surface area contributed by atoms with Gasteiger partial charge in [-0.2, -0.15) is 15.0 Å². The van der Waals surface area contributed by atoms with Crippen molar-refractivity contribution in [2.24, 2.45) is 0 Å². The lowest BCUT2D eigenvalue weighted by Crippen LogP contribution is -2.11. The molecule has 0 bridgehead atoms. The molecule has 0 aliphatic carbocycles. The quantitative estimate of drug-likeness (QED) is 0.173. The number of hydrogen-bond acceptors (Lipinski definition) is 4. The first kappa shape index (κ1) is 28.3. The standard InChI is InChI=1S/C57H34N6S/c1-8-24-45-37(16-1)38-17-2-9-25-46(38)61(45)51-30-15-23-36(35-32-33-44-43-22-7-14-31-52(43)64-53(44)34-35)54(51)55-58-56(62-47-26-10-3-18-39(47)40-19-4-11-27-48(40)62)60-57(59-55)63-49-28-12-5-20-41(49)42-21-6-13-29-50(42)63/h1-34H/i3D,5D,10D,12D,18D,20D,26D,28D. The van der Waals surface area contributed by atoms with E-state index in [1.807, 2.05) is 91.0 Å². The van der Waals surface area contributed by atoms with Crippen LogP contribution in [-0.4, -0.2) is 28.7 Å². The van der Waals surface area contributed by atoms with E-state index in [4.69, 9.17) is 20.4 Å². The van der Waals surface area contributed by atoms with Gasteiger partial charge in [0.25, 0.3) is 0 Å². The number of benzene rings is 9. The Morgan fingerprint density at radius 2 is 0.859 bits per heavy atom. The molecule has 298 valence electrons. The third-order valence-corrected chi connectivity index (χ3v) is 13.5. The molecule has 9 aromatic carbocycles. The van der Waals surface area contributed by atoms with Crippen LogP contribution in [0.25, 0.3) is 126 Å². The zero-order valence-electron chi connectivity index (χ0n) is 41.6. The van der Waals surface area contributed by atoms with Crippen molar-refractivity contribution >= 4 is 96.9 Å². The fraction of sp³-hybridized carbons (Fsp3) is 0. The fourth-order valence-electron chi connectivity index (χ4n) is 9.70. The van der Waals surface area contributed by atoms with E-state index in [0.717, 1.165) is 48.7 Å². The van der Waals surface area contributed by atoms with Crippen molar-refractivity contribution in [3.63, 3.8) is 0 Å². The summed E-state index contributed by atoms with van der Waals surface area (Å²) < 4.78 is 80.4. The van der Waals surface area contributed by atoms with Gasteiger partial charge < -0.3 is 4.57 Å². The number of fused-ring (bicyclic) bond motifs is 12. The topological polar surface area (TPSA) is 53.5 Å².